The summed E-state index contributed by atoms with van der Waals surface area (Å²) in [6.45, 7) is 7.03. The summed E-state index contributed by atoms with van der Waals surface area (Å²) in [5.41, 5.74) is 2.82. The number of amides is 1. The van der Waals surface area contributed by atoms with Crippen molar-refractivity contribution in [3.05, 3.63) is 16.6 Å². The summed E-state index contributed by atoms with van der Waals surface area (Å²) >= 11 is 1.56. The zero-order valence-electron chi connectivity index (χ0n) is 17.4. The van der Waals surface area contributed by atoms with Gasteiger partial charge >= 0.3 is 0 Å². The molecule has 3 atom stereocenters. The smallest absolute Gasteiger partial charge is 0.222 e. The van der Waals surface area contributed by atoms with Crippen molar-refractivity contribution in [2.45, 2.75) is 58.0 Å². The number of ether oxygens (including phenoxy) is 1. The predicted octanol–water partition coefficient (Wildman–Crippen LogP) is 0.713. The van der Waals surface area contributed by atoms with Crippen LogP contribution in [0.4, 0.5) is 0 Å². The van der Waals surface area contributed by atoms with E-state index in [4.69, 9.17) is 4.74 Å². The van der Waals surface area contributed by atoms with Crippen molar-refractivity contribution in [2.75, 3.05) is 39.4 Å². The number of hydrogen-bond acceptors (Lipinski definition) is 8. The minimum atomic E-state index is -1.36. The molecule has 0 unspecified atom stereocenters. The van der Waals surface area contributed by atoms with Gasteiger partial charge in [0.25, 0.3) is 0 Å². The van der Waals surface area contributed by atoms with Gasteiger partial charge in [0.2, 0.25) is 5.91 Å². The molecule has 29 heavy (non-hydrogen) atoms. The first-order valence-corrected chi connectivity index (χ1v) is 11.3. The second-order valence-electron chi connectivity index (χ2n) is 8.10. The molecule has 1 amide bonds. The molecule has 1 aromatic rings. The van der Waals surface area contributed by atoms with Gasteiger partial charge in [-0.15, -0.1) is 11.3 Å². The van der Waals surface area contributed by atoms with E-state index in [1.54, 1.807) is 16.2 Å². The van der Waals surface area contributed by atoms with Crippen molar-refractivity contribution in [3.63, 3.8) is 0 Å². The first kappa shape index (κ1) is 24.2. The Balaban J connectivity index is 2.09. The average molecular weight is 430 g/mol. The first-order valence-electron chi connectivity index (χ1n) is 10.4. The van der Waals surface area contributed by atoms with Gasteiger partial charge in [0, 0.05) is 44.6 Å². The van der Waals surface area contributed by atoms with E-state index in [0.29, 0.717) is 32.7 Å². The van der Waals surface area contributed by atoms with Crippen LogP contribution in [-0.4, -0.2) is 93.7 Å². The summed E-state index contributed by atoms with van der Waals surface area (Å²) in [5, 5.41) is 32.7. The second kappa shape index (κ2) is 12.6. The lowest BCUT2D eigenvalue weighted by molar-refractivity contribution is -0.137. The normalized spacial score (nSPS) is 26.4. The maximum absolute atomic E-state index is 12.7. The first-order chi connectivity index (χ1) is 13.9. The number of aromatic nitrogens is 1. The number of hydrogen-bond donors (Lipinski definition) is 3. The largest absolute Gasteiger partial charge is 0.388 e. The Morgan fingerprint density at radius 2 is 2.03 bits per heavy atom. The standard InChI is InChI=1S/C20H35N3O5S/c1-15(2)9-19(26)23-7-6-22(10-16-13-29-14-21-16)5-3-4-8-28-12-18(25)20(27)17(24)11-23/h13-15,17-18,20,24-25,27H,3-12H2,1-2H3/t17-,18+,20+/m0/s1. The van der Waals surface area contributed by atoms with E-state index in [-0.39, 0.29) is 25.0 Å². The van der Waals surface area contributed by atoms with Crippen LogP contribution in [0.2, 0.25) is 0 Å². The molecule has 1 aromatic heterocycles. The number of aliphatic hydroxyl groups excluding tert-OH is 3. The molecule has 1 aliphatic rings. The summed E-state index contributed by atoms with van der Waals surface area (Å²) in [6, 6.07) is 0. The fraction of sp³-hybridized carbons (Fsp3) is 0.800. The molecule has 0 spiro atoms. The van der Waals surface area contributed by atoms with Gasteiger partial charge in [-0.25, -0.2) is 4.98 Å². The Morgan fingerprint density at radius 3 is 2.72 bits per heavy atom. The maximum atomic E-state index is 12.7. The maximum Gasteiger partial charge on any atom is 0.222 e. The van der Waals surface area contributed by atoms with E-state index in [9.17, 15) is 20.1 Å². The molecule has 0 saturated carbocycles. The number of aliphatic hydroxyl groups is 3. The predicted molar refractivity (Wildman–Crippen MR) is 111 cm³/mol. The van der Waals surface area contributed by atoms with E-state index < -0.39 is 18.3 Å². The molecule has 9 heteroatoms. The van der Waals surface area contributed by atoms with E-state index in [1.807, 2.05) is 24.7 Å². The fourth-order valence-corrected chi connectivity index (χ4v) is 3.85. The molecule has 166 valence electrons. The quantitative estimate of drug-likeness (QED) is 0.647. The molecule has 8 nitrogen and oxygen atoms in total. The van der Waals surface area contributed by atoms with Gasteiger partial charge in [-0.2, -0.15) is 0 Å². The number of β-amino-alcohol motifs (C(OH)–C–C–N with tert-alkyl or cyclic N) is 1. The van der Waals surface area contributed by atoms with Crippen LogP contribution >= 0.6 is 11.3 Å². The molecule has 3 N–H and O–H groups in total. The van der Waals surface area contributed by atoms with Crippen LogP contribution in [0.5, 0.6) is 0 Å². The average Bonchev–Trinajstić information content (AvgIpc) is 3.18. The highest BCUT2D eigenvalue weighted by Gasteiger charge is 2.29. The molecule has 0 bridgehead atoms. The monoisotopic (exact) mass is 429 g/mol. The van der Waals surface area contributed by atoms with Crippen LogP contribution in [0.3, 0.4) is 0 Å². The Bertz CT molecular complexity index is 587. The van der Waals surface area contributed by atoms with Crippen molar-refractivity contribution in [2.24, 2.45) is 5.92 Å². The van der Waals surface area contributed by atoms with E-state index in [1.165, 1.54) is 0 Å². The zero-order chi connectivity index (χ0) is 21.2. The van der Waals surface area contributed by atoms with Gasteiger partial charge in [0.05, 0.1) is 17.8 Å². The van der Waals surface area contributed by atoms with Gasteiger partial charge in [0.1, 0.15) is 18.3 Å². The van der Waals surface area contributed by atoms with Gasteiger partial charge in [-0.3, -0.25) is 9.69 Å². The molecule has 1 aliphatic heterocycles. The summed E-state index contributed by atoms with van der Waals surface area (Å²) < 4.78 is 5.45. The summed E-state index contributed by atoms with van der Waals surface area (Å²) in [7, 11) is 0. The number of carbonyl (C=O) groups is 1. The van der Waals surface area contributed by atoms with E-state index >= 15 is 0 Å². The SMILES string of the molecule is CC(C)CC(=O)N1CCN(Cc2cscn2)CCCCOC[C@@H](O)[C@H](O)[C@@H](O)C1. The van der Waals surface area contributed by atoms with Crippen LogP contribution in [-0.2, 0) is 16.1 Å². The molecule has 0 aromatic carbocycles. The molecular weight excluding hydrogens is 394 g/mol. The van der Waals surface area contributed by atoms with Crippen LogP contribution in [0.1, 0.15) is 38.8 Å². The molecular formula is C20H35N3O5S. The summed E-state index contributed by atoms with van der Waals surface area (Å²) in [5.74, 6) is 0.139. The van der Waals surface area contributed by atoms with Crippen molar-refractivity contribution in [1.82, 2.24) is 14.8 Å². The third-order valence-electron chi connectivity index (χ3n) is 4.99. The lowest BCUT2D eigenvalue weighted by Gasteiger charge is -2.32. The number of rotatable bonds is 4. The molecule has 2 rings (SSSR count). The highest BCUT2D eigenvalue weighted by molar-refractivity contribution is 7.07. The van der Waals surface area contributed by atoms with Crippen molar-refractivity contribution in [3.8, 4) is 0 Å². The fourth-order valence-electron chi connectivity index (χ4n) is 3.31. The molecule has 2 heterocycles. The van der Waals surface area contributed by atoms with Crippen LogP contribution < -0.4 is 0 Å². The number of nitrogens with zero attached hydrogens (tertiary/aromatic N) is 3. The van der Waals surface area contributed by atoms with Crippen molar-refractivity contribution in [1.29, 1.82) is 0 Å². The lowest BCUT2D eigenvalue weighted by Crippen LogP contribution is -2.49. The van der Waals surface area contributed by atoms with Crippen molar-refractivity contribution >= 4 is 17.2 Å². The zero-order valence-corrected chi connectivity index (χ0v) is 18.3. The lowest BCUT2D eigenvalue weighted by atomic mass is 10.1. The number of carbonyl (C=O) groups excluding carboxylic acids is 1. The topological polar surface area (TPSA) is 106 Å². The Kier molecular flexibility index (Phi) is 10.5. The van der Waals surface area contributed by atoms with Crippen LogP contribution in [0, 0.1) is 5.92 Å². The highest BCUT2D eigenvalue weighted by Crippen LogP contribution is 2.12. The van der Waals surface area contributed by atoms with Gasteiger partial charge in [-0.05, 0) is 25.3 Å². The third kappa shape index (κ3) is 8.65. The Hall–Kier alpha value is -1.10. The van der Waals surface area contributed by atoms with Crippen LogP contribution in [0.15, 0.2) is 10.9 Å². The third-order valence-corrected chi connectivity index (χ3v) is 5.62. The van der Waals surface area contributed by atoms with Crippen LogP contribution in [0.25, 0.3) is 0 Å². The van der Waals surface area contributed by atoms with Crippen molar-refractivity contribution < 1.29 is 24.9 Å². The minimum absolute atomic E-state index is 0.0195. The molecule has 0 radical (unpaired) electrons. The Labute approximate surface area is 177 Å². The van der Waals surface area contributed by atoms with Gasteiger partial charge in [0.15, 0.2) is 0 Å². The molecule has 0 aliphatic carbocycles. The summed E-state index contributed by atoms with van der Waals surface area (Å²) in [4.78, 5) is 20.9. The summed E-state index contributed by atoms with van der Waals surface area (Å²) in [6.07, 6.45) is -1.66. The van der Waals surface area contributed by atoms with E-state index in [2.05, 4.69) is 9.88 Å². The Morgan fingerprint density at radius 1 is 1.24 bits per heavy atom. The second-order valence-corrected chi connectivity index (χ2v) is 8.82. The van der Waals surface area contributed by atoms with E-state index in [0.717, 1.165) is 25.1 Å². The highest BCUT2D eigenvalue weighted by atomic mass is 32.1. The minimum Gasteiger partial charge on any atom is -0.388 e. The van der Waals surface area contributed by atoms with Gasteiger partial charge < -0.3 is 25.0 Å². The number of thiazole rings is 1. The van der Waals surface area contributed by atoms with Gasteiger partial charge in [-0.1, -0.05) is 13.8 Å². The molecule has 1 fully saturated rings. The molecule has 1 saturated heterocycles.